The smallest absolute Gasteiger partial charge is 0.231 e. The average molecular weight is 300 g/mol. The van der Waals surface area contributed by atoms with E-state index < -0.39 is 0 Å². The molecule has 0 aliphatic carbocycles. The molecule has 1 unspecified atom stereocenters. The lowest BCUT2D eigenvalue weighted by molar-refractivity contribution is 0.355. The molecule has 1 atom stereocenters. The zero-order chi connectivity index (χ0) is 12.4. The van der Waals surface area contributed by atoms with Crippen LogP contribution in [0.4, 0.5) is 0 Å². The van der Waals surface area contributed by atoms with Gasteiger partial charge in [-0.2, -0.15) is 4.98 Å². The Hall–Kier alpha value is -1.10. The molecule has 0 amide bonds. The van der Waals surface area contributed by atoms with Crippen molar-refractivity contribution in [3.05, 3.63) is 46.6 Å². The quantitative estimate of drug-likeness (QED) is 0.947. The molecule has 2 heterocycles. The Morgan fingerprint density at radius 3 is 2.79 bits per heavy atom. The molecule has 2 aromatic rings. The summed E-state index contributed by atoms with van der Waals surface area (Å²) in [5.74, 6) is 1.86. The van der Waals surface area contributed by atoms with E-state index in [2.05, 4.69) is 15.5 Å². The number of benzene rings is 1. The first-order valence-corrected chi connectivity index (χ1v) is 6.47. The molecule has 1 N–H and O–H groups in total. The van der Waals surface area contributed by atoms with Crippen molar-refractivity contribution in [3.8, 4) is 0 Å². The maximum atomic E-state index is 5.85. The average Bonchev–Trinajstić information content (AvgIpc) is 3.02. The zero-order valence-electron chi connectivity index (χ0n) is 10.3. The molecule has 0 saturated carbocycles. The molecule has 1 aliphatic rings. The summed E-state index contributed by atoms with van der Waals surface area (Å²) in [5.41, 5.74) is 1.14. The Balaban J connectivity index is 0.00000133. The predicted octanol–water partition coefficient (Wildman–Crippen LogP) is 2.81. The monoisotopic (exact) mass is 299 g/mol. The first-order valence-electron chi connectivity index (χ1n) is 6.09. The van der Waals surface area contributed by atoms with Gasteiger partial charge < -0.3 is 9.84 Å². The number of hydrogen-bond donors (Lipinski definition) is 1. The third-order valence-corrected chi connectivity index (χ3v) is 3.42. The van der Waals surface area contributed by atoms with E-state index in [4.69, 9.17) is 16.1 Å². The molecule has 0 bridgehead atoms. The van der Waals surface area contributed by atoms with Gasteiger partial charge in [0.15, 0.2) is 5.82 Å². The Morgan fingerprint density at radius 1 is 1.32 bits per heavy atom. The van der Waals surface area contributed by atoms with Crippen LogP contribution in [0.1, 0.15) is 29.6 Å². The summed E-state index contributed by atoms with van der Waals surface area (Å²) < 4.78 is 5.32. The maximum absolute atomic E-state index is 5.85. The summed E-state index contributed by atoms with van der Waals surface area (Å²) in [6, 6.07) is 7.71. The highest BCUT2D eigenvalue weighted by atomic mass is 35.5. The first kappa shape index (κ1) is 14.3. The van der Waals surface area contributed by atoms with Crippen LogP contribution in [0.5, 0.6) is 0 Å². The molecule has 6 heteroatoms. The molecule has 1 aromatic heterocycles. The van der Waals surface area contributed by atoms with Crippen molar-refractivity contribution in [2.75, 3.05) is 13.1 Å². The van der Waals surface area contributed by atoms with Gasteiger partial charge in [-0.3, -0.25) is 0 Å². The van der Waals surface area contributed by atoms with Crippen molar-refractivity contribution < 1.29 is 4.52 Å². The van der Waals surface area contributed by atoms with Gasteiger partial charge in [-0.15, -0.1) is 12.4 Å². The molecule has 0 spiro atoms. The summed E-state index contributed by atoms with van der Waals surface area (Å²) >= 11 is 5.85. The molecule has 3 rings (SSSR count). The van der Waals surface area contributed by atoms with E-state index in [1.54, 1.807) is 0 Å². The Bertz CT molecular complexity index is 521. The van der Waals surface area contributed by atoms with E-state index in [1.165, 1.54) is 0 Å². The van der Waals surface area contributed by atoms with Crippen molar-refractivity contribution in [2.24, 2.45) is 0 Å². The van der Waals surface area contributed by atoms with Crippen LogP contribution < -0.4 is 5.32 Å². The fourth-order valence-electron chi connectivity index (χ4n) is 2.16. The standard InChI is InChI=1S/C13H14ClN3O.ClH/c14-11-3-1-9(2-4-11)7-12-16-13(18-17-12)10-5-6-15-8-10;/h1-4,10,15H,5-8H2;1H. The lowest BCUT2D eigenvalue weighted by Gasteiger charge is -1.99. The molecular formula is C13H15Cl2N3O. The van der Waals surface area contributed by atoms with Gasteiger partial charge in [0.1, 0.15) is 0 Å². The van der Waals surface area contributed by atoms with Crippen LogP contribution in [0.2, 0.25) is 5.02 Å². The number of halogens is 2. The van der Waals surface area contributed by atoms with E-state index in [9.17, 15) is 0 Å². The minimum absolute atomic E-state index is 0. The third kappa shape index (κ3) is 3.47. The van der Waals surface area contributed by atoms with Gasteiger partial charge in [0.25, 0.3) is 0 Å². The van der Waals surface area contributed by atoms with Crippen LogP contribution in [0.25, 0.3) is 0 Å². The molecule has 1 fully saturated rings. The molecule has 1 aromatic carbocycles. The third-order valence-electron chi connectivity index (χ3n) is 3.17. The van der Waals surface area contributed by atoms with Gasteiger partial charge in [0.2, 0.25) is 5.89 Å². The molecule has 19 heavy (non-hydrogen) atoms. The maximum Gasteiger partial charge on any atom is 0.231 e. The fraction of sp³-hybridized carbons (Fsp3) is 0.385. The Kier molecular flexibility index (Phi) is 4.80. The van der Waals surface area contributed by atoms with E-state index in [-0.39, 0.29) is 12.4 Å². The van der Waals surface area contributed by atoms with E-state index >= 15 is 0 Å². The van der Waals surface area contributed by atoms with Crippen LogP contribution in [-0.4, -0.2) is 23.2 Å². The van der Waals surface area contributed by atoms with Crippen LogP contribution >= 0.6 is 24.0 Å². The molecule has 4 nitrogen and oxygen atoms in total. The number of hydrogen-bond acceptors (Lipinski definition) is 4. The van der Waals surface area contributed by atoms with Gasteiger partial charge in [-0.05, 0) is 30.7 Å². The SMILES string of the molecule is Cl.Clc1ccc(Cc2noc(C3CCNC3)n2)cc1. The molecule has 102 valence electrons. The van der Waals surface area contributed by atoms with Gasteiger partial charge in [0, 0.05) is 18.0 Å². The molecule has 0 radical (unpaired) electrons. The van der Waals surface area contributed by atoms with Crippen LogP contribution in [0.3, 0.4) is 0 Å². The second-order valence-corrected chi connectivity index (χ2v) is 4.98. The number of nitrogens with zero attached hydrogens (tertiary/aromatic N) is 2. The second kappa shape index (κ2) is 6.37. The summed E-state index contributed by atoms with van der Waals surface area (Å²) in [6.45, 7) is 1.96. The minimum Gasteiger partial charge on any atom is -0.339 e. The first-order chi connectivity index (χ1) is 8.81. The lowest BCUT2D eigenvalue weighted by Crippen LogP contribution is -2.08. The van der Waals surface area contributed by atoms with Gasteiger partial charge in [-0.1, -0.05) is 28.9 Å². The van der Waals surface area contributed by atoms with Crippen molar-refractivity contribution >= 4 is 24.0 Å². The van der Waals surface area contributed by atoms with Crippen LogP contribution in [0.15, 0.2) is 28.8 Å². The summed E-state index contributed by atoms with van der Waals surface area (Å²) in [4.78, 5) is 4.46. The van der Waals surface area contributed by atoms with Crippen molar-refractivity contribution in [1.29, 1.82) is 0 Å². The second-order valence-electron chi connectivity index (χ2n) is 4.54. The van der Waals surface area contributed by atoms with Gasteiger partial charge in [0.05, 0.1) is 5.92 Å². The largest absolute Gasteiger partial charge is 0.339 e. The normalized spacial score (nSPS) is 18.3. The minimum atomic E-state index is 0. The highest BCUT2D eigenvalue weighted by molar-refractivity contribution is 6.30. The molecule has 1 saturated heterocycles. The Morgan fingerprint density at radius 2 is 2.11 bits per heavy atom. The summed E-state index contributed by atoms with van der Waals surface area (Å²) in [5, 5.41) is 8.07. The summed E-state index contributed by atoms with van der Waals surface area (Å²) in [7, 11) is 0. The van der Waals surface area contributed by atoms with Crippen molar-refractivity contribution in [3.63, 3.8) is 0 Å². The highest BCUT2D eigenvalue weighted by Gasteiger charge is 2.22. The predicted molar refractivity (Wildman–Crippen MR) is 76.0 cm³/mol. The molecular weight excluding hydrogens is 285 g/mol. The van der Waals surface area contributed by atoms with E-state index in [0.717, 1.165) is 41.8 Å². The number of aromatic nitrogens is 2. The van der Waals surface area contributed by atoms with Gasteiger partial charge in [-0.25, -0.2) is 0 Å². The van der Waals surface area contributed by atoms with Crippen molar-refractivity contribution in [1.82, 2.24) is 15.5 Å². The number of nitrogens with one attached hydrogen (secondary N) is 1. The van der Waals surface area contributed by atoms with E-state index in [0.29, 0.717) is 12.3 Å². The lowest BCUT2D eigenvalue weighted by atomic mass is 10.1. The topological polar surface area (TPSA) is 51.0 Å². The van der Waals surface area contributed by atoms with Crippen LogP contribution in [0, 0.1) is 0 Å². The molecule has 1 aliphatic heterocycles. The zero-order valence-corrected chi connectivity index (χ0v) is 11.9. The summed E-state index contributed by atoms with van der Waals surface area (Å²) in [6.07, 6.45) is 1.75. The van der Waals surface area contributed by atoms with Crippen LogP contribution in [-0.2, 0) is 6.42 Å². The van der Waals surface area contributed by atoms with Crippen molar-refractivity contribution in [2.45, 2.75) is 18.8 Å². The Labute approximate surface area is 122 Å². The number of rotatable bonds is 3. The fourth-order valence-corrected chi connectivity index (χ4v) is 2.28. The van der Waals surface area contributed by atoms with Gasteiger partial charge >= 0.3 is 0 Å². The van der Waals surface area contributed by atoms with E-state index in [1.807, 2.05) is 24.3 Å². The highest BCUT2D eigenvalue weighted by Crippen LogP contribution is 2.21.